The van der Waals surface area contributed by atoms with Crippen LogP contribution in [0.1, 0.15) is 6.92 Å². The second-order valence-electron chi connectivity index (χ2n) is 3.25. The second-order valence-corrected chi connectivity index (χ2v) is 3.25. The van der Waals surface area contributed by atoms with Gasteiger partial charge in [-0.2, -0.15) is 0 Å². The highest BCUT2D eigenvalue weighted by atomic mass is 15.2. The molecule has 68 valence electrons. The first-order valence-electron chi connectivity index (χ1n) is 4.09. The first kappa shape index (κ1) is 9.06. The van der Waals surface area contributed by atoms with E-state index in [1.165, 1.54) is 0 Å². The topological polar surface area (TPSA) is 44.0 Å². The second kappa shape index (κ2) is 4.11. The minimum atomic E-state index is 0.408. The maximum Gasteiger partial charge on any atom is 0.200 e. The summed E-state index contributed by atoms with van der Waals surface area (Å²) >= 11 is 0. The third-order valence-corrected chi connectivity index (χ3v) is 1.52. The Morgan fingerprint density at radius 2 is 2.42 bits per heavy atom. The fraction of sp³-hybridized carbons (Fsp3) is 0.625. The summed E-state index contributed by atoms with van der Waals surface area (Å²) in [5.74, 6) is 0.837. The predicted molar refractivity (Wildman–Crippen MR) is 50.2 cm³/mol. The van der Waals surface area contributed by atoms with Crippen molar-refractivity contribution in [2.45, 2.75) is 13.0 Å². The van der Waals surface area contributed by atoms with E-state index in [1.807, 2.05) is 6.20 Å². The van der Waals surface area contributed by atoms with Crippen LogP contribution in [0.3, 0.4) is 0 Å². The minimum absolute atomic E-state index is 0.408. The van der Waals surface area contributed by atoms with Crippen LogP contribution in [0.2, 0.25) is 0 Å². The van der Waals surface area contributed by atoms with E-state index < -0.39 is 0 Å². The molecule has 2 N–H and O–H groups in total. The van der Waals surface area contributed by atoms with Crippen molar-refractivity contribution < 1.29 is 0 Å². The molecule has 1 rings (SSSR count). The van der Waals surface area contributed by atoms with Crippen molar-refractivity contribution >= 4 is 5.95 Å². The van der Waals surface area contributed by atoms with Crippen molar-refractivity contribution in [1.29, 1.82) is 0 Å². The van der Waals surface area contributed by atoms with E-state index >= 15 is 0 Å². The molecule has 0 spiro atoms. The fourth-order valence-corrected chi connectivity index (χ4v) is 1.17. The summed E-state index contributed by atoms with van der Waals surface area (Å²) in [7, 11) is 4.11. The minimum Gasteiger partial charge on any atom is -0.352 e. The van der Waals surface area contributed by atoms with Gasteiger partial charge in [0.1, 0.15) is 0 Å². The third-order valence-electron chi connectivity index (χ3n) is 1.52. The third kappa shape index (κ3) is 2.92. The molecular formula is C8H16N4. The number of H-pyrrole nitrogens is 1. The van der Waals surface area contributed by atoms with E-state index in [0.29, 0.717) is 6.04 Å². The Hall–Kier alpha value is -1.03. The zero-order chi connectivity index (χ0) is 8.97. The van der Waals surface area contributed by atoms with Crippen LogP contribution in [0.25, 0.3) is 0 Å². The van der Waals surface area contributed by atoms with E-state index in [1.54, 1.807) is 6.20 Å². The zero-order valence-electron chi connectivity index (χ0n) is 7.83. The SMILES string of the molecule is CC(CN(C)C)Nc1ncc[nH]1. The average Bonchev–Trinajstić information content (AvgIpc) is 2.37. The van der Waals surface area contributed by atoms with Gasteiger partial charge in [0.05, 0.1) is 0 Å². The van der Waals surface area contributed by atoms with Crippen molar-refractivity contribution in [3.05, 3.63) is 12.4 Å². The van der Waals surface area contributed by atoms with E-state index in [0.717, 1.165) is 12.5 Å². The number of anilines is 1. The Balaban J connectivity index is 2.32. The molecule has 4 heteroatoms. The maximum atomic E-state index is 4.08. The largest absolute Gasteiger partial charge is 0.352 e. The molecule has 0 radical (unpaired) electrons. The standard InChI is InChI=1S/C8H16N4/c1-7(6-12(2)3)11-8-9-4-5-10-8/h4-5,7H,6H2,1-3H3,(H2,9,10,11). The number of rotatable bonds is 4. The molecule has 0 aliphatic carbocycles. The number of hydrogen-bond acceptors (Lipinski definition) is 3. The Kier molecular flexibility index (Phi) is 3.10. The predicted octanol–water partition coefficient (Wildman–Crippen LogP) is 0.772. The molecule has 12 heavy (non-hydrogen) atoms. The van der Waals surface area contributed by atoms with Crippen LogP contribution < -0.4 is 5.32 Å². The Morgan fingerprint density at radius 1 is 1.67 bits per heavy atom. The first-order chi connectivity index (χ1) is 5.68. The smallest absolute Gasteiger partial charge is 0.200 e. The van der Waals surface area contributed by atoms with Gasteiger partial charge in [0, 0.05) is 25.0 Å². The lowest BCUT2D eigenvalue weighted by Crippen LogP contribution is -2.29. The highest BCUT2D eigenvalue weighted by molar-refractivity contribution is 5.24. The van der Waals surface area contributed by atoms with Crippen molar-refractivity contribution in [2.24, 2.45) is 0 Å². The van der Waals surface area contributed by atoms with Gasteiger partial charge in [0.15, 0.2) is 5.95 Å². The van der Waals surface area contributed by atoms with Gasteiger partial charge < -0.3 is 15.2 Å². The number of likely N-dealkylation sites (N-methyl/N-ethyl adjacent to an activating group) is 1. The molecule has 1 atom stereocenters. The summed E-state index contributed by atoms with van der Waals surface area (Å²) in [6.45, 7) is 3.13. The van der Waals surface area contributed by atoms with E-state index in [-0.39, 0.29) is 0 Å². The lowest BCUT2D eigenvalue weighted by Gasteiger charge is -2.17. The molecule has 1 unspecified atom stereocenters. The number of nitrogens with zero attached hydrogens (tertiary/aromatic N) is 2. The van der Waals surface area contributed by atoms with Crippen molar-refractivity contribution in [3.63, 3.8) is 0 Å². The quantitative estimate of drug-likeness (QED) is 0.698. The van der Waals surface area contributed by atoms with Crippen molar-refractivity contribution in [2.75, 3.05) is 26.0 Å². The fourth-order valence-electron chi connectivity index (χ4n) is 1.17. The first-order valence-corrected chi connectivity index (χ1v) is 4.09. The van der Waals surface area contributed by atoms with Gasteiger partial charge in [-0.3, -0.25) is 0 Å². The number of aromatic amines is 1. The summed E-state index contributed by atoms with van der Waals surface area (Å²) < 4.78 is 0. The normalized spacial score (nSPS) is 13.3. The van der Waals surface area contributed by atoms with Crippen LogP contribution in [0.15, 0.2) is 12.4 Å². The molecule has 0 bridgehead atoms. The van der Waals surface area contributed by atoms with Gasteiger partial charge in [-0.15, -0.1) is 0 Å². The molecule has 4 nitrogen and oxygen atoms in total. The van der Waals surface area contributed by atoms with Crippen LogP contribution in [0.4, 0.5) is 5.95 Å². The lowest BCUT2D eigenvalue weighted by molar-refractivity contribution is 0.391. The Labute approximate surface area is 73.0 Å². The molecule has 1 aromatic rings. The summed E-state index contributed by atoms with van der Waals surface area (Å²) in [6.07, 6.45) is 3.55. The van der Waals surface area contributed by atoms with Gasteiger partial charge in [-0.25, -0.2) is 4.98 Å². The number of nitrogens with one attached hydrogen (secondary N) is 2. The summed E-state index contributed by atoms with van der Waals surface area (Å²) in [5, 5.41) is 3.24. The Morgan fingerprint density at radius 3 is 2.92 bits per heavy atom. The van der Waals surface area contributed by atoms with Gasteiger partial charge in [-0.1, -0.05) is 0 Å². The van der Waals surface area contributed by atoms with Gasteiger partial charge in [-0.05, 0) is 21.0 Å². The molecule has 0 aliphatic rings. The number of hydrogen-bond donors (Lipinski definition) is 2. The molecule has 1 aromatic heterocycles. The van der Waals surface area contributed by atoms with Crippen LogP contribution >= 0.6 is 0 Å². The molecule has 0 aromatic carbocycles. The average molecular weight is 168 g/mol. The van der Waals surface area contributed by atoms with Crippen LogP contribution in [-0.2, 0) is 0 Å². The summed E-state index contributed by atoms with van der Waals surface area (Å²) in [6, 6.07) is 0.408. The van der Waals surface area contributed by atoms with Crippen LogP contribution in [-0.4, -0.2) is 41.5 Å². The number of aromatic nitrogens is 2. The number of imidazole rings is 1. The highest BCUT2D eigenvalue weighted by Gasteiger charge is 2.03. The molecule has 1 heterocycles. The molecule has 0 saturated carbocycles. The molecule has 0 fully saturated rings. The molecule has 0 aliphatic heterocycles. The van der Waals surface area contributed by atoms with Gasteiger partial charge in [0.25, 0.3) is 0 Å². The monoisotopic (exact) mass is 168 g/mol. The van der Waals surface area contributed by atoms with E-state index in [4.69, 9.17) is 0 Å². The molecule has 0 saturated heterocycles. The Bertz CT molecular complexity index is 205. The van der Waals surface area contributed by atoms with Gasteiger partial charge in [0.2, 0.25) is 0 Å². The van der Waals surface area contributed by atoms with Crippen LogP contribution in [0, 0.1) is 0 Å². The zero-order valence-corrected chi connectivity index (χ0v) is 7.83. The van der Waals surface area contributed by atoms with E-state index in [2.05, 4.69) is 41.2 Å². The highest BCUT2D eigenvalue weighted by Crippen LogP contribution is 1.98. The molecule has 0 amide bonds. The van der Waals surface area contributed by atoms with Crippen molar-refractivity contribution in [3.8, 4) is 0 Å². The van der Waals surface area contributed by atoms with Crippen molar-refractivity contribution in [1.82, 2.24) is 14.9 Å². The van der Waals surface area contributed by atoms with Gasteiger partial charge >= 0.3 is 0 Å². The lowest BCUT2D eigenvalue weighted by atomic mass is 10.3. The maximum absolute atomic E-state index is 4.08. The van der Waals surface area contributed by atoms with E-state index in [9.17, 15) is 0 Å². The summed E-state index contributed by atoms with van der Waals surface area (Å²) in [4.78, 5) is 9.22. The summed E-state index contributed by atoms with van der Waals surface area (Å²) in [5.41, 5.74) is 0. The molecular weight excluding hydrogens is 152 g/mol. The van der Waals surface area contributed by atoms with Crippen LogP contribution in [0.5, 0.6) is 0 Å².